The van der Waals surface area contributed by atoms with Crippen LogP contribution in [-0.4, -0.2) is 64.0 Å². The number of nitrogens with zero attached hydrogens (tertiary/aromatic N) is 6. The third-order valence-electron chi connectivity index (χ3n) is 5.25. The molecule has 1 aromatic heterocycles. The van der Waals surface area contributed by atoms with Crippen LogP contribution in [0.15, 0.2) is 60.8 Å². The molecule has 4 rings (SSSR count). The van der Waals surface area contributed by atoms with Crippen LogP contribution in [0.3, 0.4) is 0 Å². The van der Waals surface area contributed by atoms with Crippen LogP contribution in [0.25, 0.3) is 5.69 Å². The summed E-state index contributed by atoms with van der Waals surface area (Å²) in [6.45, 7) is 2.29. The fourth-order valence-electron chi connectivity index (χ4n) is 3.57. The minimum atomic E-state index is -0.355. The van der Waals surface area contributed by atoms with Crippen LogP contribution in [0.1, 0.15) is 22.1 Å². The SMILES string of the molecule is COc1ccc(C(C#N)N2CCN(C(=O)c3cn(-c4ccccc4)nn3)CC2)cc1. The van der Waals surface area contributed by atoms with E-state index in [4.69, 9.17) is 4.74 Å². The van der Waals surface area contributed by atoms with E-state index in [1.165, 1.54) is 0 Å². The second kappa shape index (κ2) is 8.76. The number of methoxy groups -OCH3 is 1. The molecule has 0 aliphatic carbocycles. The number of hydrogen-bond acceptors (Lipinski definition) is 6. The number of rotatable bonds is 5. The summed E-state index contributed by atoms with van der Waals surface area (Å²) < 4.78 is 6.78. The van der Waals surface area contributed by atoms with Gasteiger partial charge in [-0.1, -0.05) is 35.5 Å². The molecule has 0 N–H and O–H groups in total. The van der Waals surface area contributed by atoms with Crippen molar-refractivity contribution in [2.45, 2.75) is 6.04 Å². The van der Waals surface area contributed by atoms with Crippen molar-refractivity contribution in [1.29, 1.82) is 5.26 Å². The zero-order valence-electron chi connectivity index (χ0n) is 16.7. The summed E-state index contributed by atoms with van der Waals surface area (Å²) in [4.78, 5) is 16.7. The van der Waals surface area contributed by atoms with Crippen LogP contribution in [0.4, 0.5) is 0 Å². The van der Waals surface area contributed by atoms with E-state index in [0.717, 1.165) is 17.0 Å². The average molecular weight is 402 g/mol. The maximum Gasteiger partial charge on any atom is 0.276 e. The Hall–Kier alpha value is -3.70. The first kappa shape index (κ1) is 19.6. The van der Waals surface area contributed by atoms with Gasteiger partial charge in [-0.3, -0.25) is 9.69 Å². The fraction of sp³-hybridized carbons (Fsp3) is 0.273. The van der Waals surface area contributed by atoms with E-state index in [2.05, 4.69) is 21.3 Å². The van der Waals surface area contributed by atoms with Crippen LogP contribution in [0, 0.1) is 11.3 Å². The molecular weight excluding hydrogens is 380 g/mol. The van der Waals surface area contributed by atoms with E-state index < -0.39 is 0 Å². The number of piperazine rings is 1. The molecule has 8 nitrogen and oxygen atoms in total. The minimum absolute atomic E-state index is 0.144. The molecule has 30 heavy (non-hydrogen) atoms. The third-order valence-corrected chi connectivity index (χ3v) is 5.25. The molecule has 0 radical (unpaired) electrons. The largest absolute Gasteiger partial charge is 0.497 e. The van der Waals surface area contributed by atoms with Crippen molar-refractivity contribution in [3.8, 4) is 17.5 Å². The number of carbonyl (C=O) groups excluding carboxylic acids is 1. The molecule has 2 aromatic carbocycles. The van der Waals surface area contributed by atoms with Crippen LogP contribution in [-0.2, 0) is 0 Å². The lowest BCUT2D eigenvalue weighted by molar-refractivity contribution is 0.0600. The molecule has 1 amide bonds. The quantitative estimate of drug-likeness (QED) is 0.651. The highest BCUT2D eigenvalue weighted by atomic mass is 16.5. The van der Waals surface area contributed by atoms with E-state index in [-0.39, 0.29) is 11.9 Å². The lowest BCUT2D eigenvalue weighted by Gasteiger charge is -2.36. The lowest BCUT2D eigenvalue weighted by atomic mass is 10.1. The molecule has 152 valence electrons. The maximum atomic E-state index is 12.8. The summed E-state index contributed by atoms with van der Waals surface area (Å²) in [6.07, 6.45) is 1.65. The van der Waals surface area contributed by atoms with Gasteiger partial charge < -0.3 is 9.64 Å². The number of amides is 1. The van der Waals surface area contributed by atoms with E-state index in [9.17, 15) is 10.1 Å². The van der Waals surface area contributed by atoms with Gasteiger partial charge in [0.05, 0.1) is 25.1 Å². The number of nitriles is 1. The molecule has 0 spiro atoms. The molecule has 1 aliphatic heterocycles. The van der Waals surface area contributed by atoms with Gasteiger partial charge in [0.1, 0.15) is 11.8 Å². The second-order valence-corrected chi connectivity index (χ2v) is 7.02. The molecule has 0 bridgehead atoms. The molecule has 8 heteroatoms. The van der Waals surface area contributed by atoms with Crippen molar-refractivity contribution in [2.24, 2.45) is 0 Å². The van der Waals surface area contributed by atoms with Gasteiger partial charge in [0, 0.05) is 26.2 Å². The predicted octanol–water partition coefficient (Wildman–Crippen LogP) is 2.30. The van der Waals surface area contributed by atoms with Crippen LogP contribution < -0.4 is 4.74 Å². The highest BCUT2D eigenvalue weighted by molar-refractivity contribution is 5.92. The molecule has 3 aromatic rings. The Morgan fingerprint density at radius 3 is 2.40 bits per heavy atom. The number of para-hydroxylation sites is 1. The normalized spacial score (nSPS) is 15.4. The van der Waals surface area contributed by atoms with Crippen molar-refractivity contribution in [3.63, 3.8) is 0 Å². The standard InChI is InChI=1S/C22H22N6O2/c1-30-19-9-7-17(8-10-19)21(15-23)26-11-13-27(14-12-26)22(29)20-16-28(25-24-20)18-5-3-2-4-6-18/h2-10,16,21H,11-14H2,1H3. The highest BCUT2D eigenvalue weighted by Crippen LogP contribution is 2.24. The zero-order valence-corrected chi connectivity index (χ0v) is 16.7. The minimum Gasteiger partial charge on any atom is -0.497 e. The maximum absolute atomic E-state index is 12.8. The Balaban J connectivity index is 1.39. The summed E-state index contributed by atoms with van der Waals surface area (Å²) in [5.74, 6) is 0.615. The monoisotopic (exact) mass is 402 g/mol. The van der Waals surface area contributed by atoms with Gasteiger partial charge in [-0.25, -0.2) is 4.68 Å². The van der Waals surface area contributed by atoms with E-state index in [1.54, 1.807) is 22.9 Å². The van der Waals surface area contributed by atoms with Crippen molar-refractivity contribution < 1.29 is 9.53 Å². The Kier molecular flexibility index (Phi) is 5.72. The van der Waals surface area contributed by atoms with Gasteiger partial charge in [-0.15, -0.1) is 5.10 Å². The van der Waals surface area contributed by atoms with Crippen molar-refractivity contribution >= 4 is 5.91 Å². The summed E-state index contributed by atoms with van der Waals surface area (Å²) in [5.41, 5.74) is 2.09. The predicted molar refractivity (Wildman–Crippen MR) is 110 cm³/mol. The van der Waals surface area contributed by atoms with E-state index in [0.29, 0.717) is 31.9 Å². The number of ether oxygens (including phenoxy) is 1. The van der Waals surface area contributed by atoms with Gasteiger partial charge in [-0.2, -0.15) is 5.26 Å². The first-order valence-corrected chi connectivity index (χ1v) is 9.74. The first-order valence-electron chi connectivity index (χ1n) is 9.74. The summed E-state index contributed by atoms with van der Waals surface area (Å²) >= 11 is 0. The first-order chi connectivity index (χ1) is 14.7. The summed E-state index contributed by atoms with van der Waals surface area (Å²) in [7, 11) is 1.62. The van der Waals surface area contributed by atoms with Gasteiger partial charge in [0.25, 0.3) is 5.91 Å². The Labute approximate surface area is 174 Å². The van der Waals surface area contributed by atoms with Gasteiger partial charge in [0.2, 0.25) is 0 Å². The molecule has 1 atom stereocenters. The summed E-state index contributed by atoms with van der Waals surface area (Å²) in [5, 5.41) is 17.8. The molecule has 2 heterocycles. The van der Waals surface area contributed by atoms with Gasteiger partial charge in [0.15, 0.2) is 5.69 Å². The van der Waals surface area contributed by atoms with E-state index in [1.807, 2.05) is 54.6 Å². The molecule has 1 aliphatic rings. The second-order valence-electron chi connectivity index (χ2n) is 7.02. The van der Waals surface area contributed by atoms with Gasteiger partial charge >= 0.3 is 0 Å². The summed E-state index contributed by atoms with van der Waals surface area (Å²) in [6, 6.07) is 19.1. The van der Waals surface area contributed by atoms with Gasteiger partial charge in [-0.05, 0) is 29.8 Å². The average Bonchev–Trinajstić information content (AvgIpc) is 3.31. The van der Waals surface area contributed by atoms with Crippen molar-refractivity contribution in [1.82, 2.24) is 24.8 Å². The third kappa shape index (κ3) is 4.02. The van der Waals surface area contributed by atoms with Crippen molar-refractivity contribution in [3.05, 3.63) is 72.1 Å². The van der Waals surface area contributed by atoms with Crippen LogP contribution in [0.2, 0.25) is 0 Å². The molecule has 1 unspecified atom stereocenters. The molecular formula is C22H22N6O2. The molecule has 1 saturated heterocycles. The van der Waals surface area contributed by atoms with Crippen molar-refractivity contribution in [2.75, 3.05) is 33.3 Å². The smallest absolute Gasteiger partial charge is 0.276 e. The Bertz CT molecular complexity index is 1030. The van der Waals surface area contributed by atoms with E-state index >= 15 is 0 Å². The Morgan fingerprint density at radius 1 is 1.07 bits per heavy atom. The van der Waals surface area contributed by atoms with Crippen LogP contribution in [0.5, 0.6) is 5.75 Å². The Morgan fingerprint density at radius 2 is 1.77 bits per heavy atom. The molecule has 1 fully saturated rings. The molecule has 0 saturated carbocycles. The fourth-order valence-corrected chi connectivity index (χ4v) is 3.57. The van der Waals surface area contributed by atoms with Crippen LogP contribution >= 0.6 is 0 Å². The number of hydrogen-bond donors (Lipinski definition) is 0. The highest BCUT2D eigenvalue weighted by Gasteiger charge is 2.28. The lowest BCUT2D eigenvalue weighted by Crippen LogP contribution is -2.49. The number of aromatic nitrogens is 3. The number of carbonyl (C=O) groups is 1. The number of benzene rings is 2. The zero-order chi connectivity index (χ0) is 20.9. The topological polar surface area (TPSA) is 87.3 Å².